The summed E-state index contributed by atoms with van der Waals surface area (Å²) < 4.78 is 0. The van der Waals surface area contributed by atoms with Crippen LogP contribution in [0.1, 0.15) is 22.6 Å². The van der Waals surface area contributed by atoms with E-state index in [1.54, 1.807) is 30.3 Å². The van der Waals surface area contributed by atoms with Crippen molar-refractivity contribution in [3.8, 4) is 6.07 Å². The van der Waals surface area contributed by atoms with Crippen molar-refractivity contribution in [3.05, 3.63) is 64.2 Å². The van der Waals surface area contributed by atoms with E-state index < -0.39 is 17.6 Å². The second kappa shape index (κ2) is 7.08. The van der Waals surface area contributed by atoms with Crippen molar-refractivity contribution in [2.45, 2.75) is 19.8 Å². The molecule has 0 saturated heterocycles. The minimum Gasteiger partial charge on any atom is -0.319 e. The normalized spacial score (nSPS) is 11.4. The molecule has 0 bridgehead atoms. The maximum atomic E-state index is 12.3. The molecule has 5 heteroatoms. The molecule has 0 aliphatic heterocycles. The van der Waals surface area contributed by atoms with E-state index in [1.165, 1.54) is 0 Å². The van der Waals surface area contributed by atoms with Gasteiger partial charge in [-0.15, -0.1) is 0 Å². The molecule has 0 fully saturated rings. The van der Waals surface area contributed by atoms with Gasteiger partial charge in [0, 0.05) is 10.7 Å². The Bertz CT molecular complexity index is 792. The molecule has 0 aromatic heterocycles. The molecule has 0 aliphatic rings. The predicted octanol–water partition coefficient (Wildman–Crippen LogP) is 3.77. The minimum atomic E-state index is -1.16. The summed E-state index contributed by atoms with van der Waals surface area (Å²) in [7, 11) is 0. The van der Waals surface area contributed by atoms with Crippen LogP contribution in [-0.2, 0) is 9.59 Å². The van der Waals surface area contributed by atoms with Gasteiger partial charge >= 0.3 is 0 Å². The first-order valence-corrected chi connectivity index (χ1v) is 7.37. The van der Waals surface area contributed by atoms with Crippen molar-refractivity contribution >= 4 is 29.0 Å². The summed E-state index contributed by atoms with van der Waals surface area (Å²) in [6.07, 6.45) is 0. The lowest BCUT2D eigenvalue weighted by Crippen LogP contribution is -2.28. The van der Waals surface area contributed by atoms with Gasteiger partial charge in [0.2, 0.25) is 5.78 Å². The number of aryl methyl sites for hydroxylation is 2. The number of ketones is 1. The number of carbonyl (C=O) groups excluding carboxylic acids is 2. The second-order valence-corrected chi connectivity index (χ2v) is 5.69. The number of hydrogen-bond acceptors (Lipinski definition) is 3. The fraction of sp³-hybridized carbons (Fsp3) is 0.167. The van der Waals surface area contributed by atoms with Gasteiger partial charge in [-0.2, -0.15) is 5.26 Å². The minimum absolute atomic E-state index is 0.443. The first-order valence-electron chi connectivity index (χ1n) is 7.00. The van der Waals surface area contributed by atoms with E-state index in [4.69, 9.17) is 11.6 Å². The average Bonchev–Trinajstić information content (AvgIpc) is 2.53. The van der Waals surface area contributed by atoms with E-state index >= 15 is 0 Å². The fourth-order valence-electron chi connectivity index (χ4n) is 2.13. The summed E-state index contributed by atoms with van der Waals surface area (Å²) in [5.74, 6) is -2.76. The van der Waals surface area contributed by atoms with Crippen LogP contribution < -0.4 is 5.32 Å². The zero-order valence-corrected chi connectivity index (χ0v) is 13.5. The van der Waals surface area contributed by atoms with Crippen LogP contribution in [0.2, 0.25) is 5.02 Å². The Morgan fingerprint density at radius 2 is 1.78 bits per heavy atom. The molecule has 2 aromatic carbocycles. The van der Waals surface area contributed by atoms with Crippen molar-refractivity contribution in [2.24, 2.45) is 0 Å². The number of hydrogen-bond donors (Lipinski definition) is 1. The number of carbonyl (C=O) groups is 2. The van der Waals surface area contributed by atoms with Crippen LogP contribution in [0.25, 0.3) is 0 Å². The van der Waals surface area contributed by atoms with Crippen LogP contribution in [0.15, 0.2) is 42.5 Å². The van der Waals surface area contributed by atoms with Crippen LogP contribution in [0.3, 0.4) is 0 Å². The smallest absolute Gasteiger partial charge is 0.293 e. The largest absolute Gasteiger partial charge is 0.319 e. The number of nitrogens with one attached hydrogen (secondary N) is 1. The van der Waals surface area contributed by atoms with Gasteiger partial charge in [-0.1, -0.05) is 35.9 Å². The van der Waals surface area contributed by atoms with E-state index in [2.05, 4.69) is 5.32 Å². The molecule has 0 spiro atoms. The quantitative estimate of drug-likeness (QED) is 0.869. The summed E-state index contributed by atoms with van der Waals surface area (Å²) >= 11 is 5.79. The Morgan fingerprint density at radius 1 is 1.13 bits per heavy atom. The van der Waals surface area contributed by atoms with E-state index in [1.807, 2.05) is 32.0 Å². The molecule has 23 heavy (non-hydrogen) atoms. The Hall–Kier alpha value is -2.64. The highest BCUT2D eigenvalue weighted by Crippen LogP contribution is 2.21. The van der Waals surface area contributed by atoms with Gasteiger partial charge in [-0.05, 0) is 48.7 Å². The molecular formula is C18H15ClN2O2. The molecule has 1 atom stereocenters. The Kier molecular flexibility index (Phi) is 5.15. The van der Waals surface area contributed by atoms with E-state index in [-0.39, 0.29) is 0 Å². The highest BCUT2D eigenvalue weighted by atomic mass is 35.5. The SMILES string of the molecule is Cc1ccc(C)c(NC(=O)C(=O)[C@@H](C#N)c2ccc(Cl)cc2)c1. The maximum absolute atomic E-state index is 12.3. The fourth-order valence-corrected chi connectivity index (χ4v) is 2.25. The van der Waals surface area contributed by atoms with Crippen molar-refractivity contribution in [1.29, 1.82) is 5.26 Å². The molecule has 2 rings (SSSR count). The highest BCUT2D eigenvalue weighted by molar-refractivity contribution is 6.43. The van der Waals surface area contributed by atoms with Crippen LogP contribution in [0, 0.1) is 25.2 Å². The summed E-state index contributed by atoms with van der Waals surface area (Å²) in [6.45, 7) is 3.73. The Labute approximate surface area is 139 Å². The van der Waals surface area contributed by atoms with E-state index in [0.717, 1.165) is 11.1 Å². The van der Waals surface area contributed by atoms with Crippen molar-refractivity contribution < 1.29 is 9.59 Å². The number of benzene rings is 2. The number of nitriles is 1. The molecule has 0 saturated carbocycles. The van der Waals surface area contributed by atoms with Crippen LogP contribution in [-0.4, -0.2) is 11.7 Å². The van der Waals surface area contributed by atoms with Gasteiger partial charge in [0.05, 0.1) is 6.07 Å². The number of nitrogens with zero attached hydrogens (tertiary/aromatic N) is 1. The molecule has 0 aliphatic carbocycles. The Morgan fingerprint density at radius 3 is 2.39 bits per heavy atom. The molecule has 0 heterocycles. The van der Waals surface area contributed by atoms with Crippen LogP contribution in [0.4, 0.5) is 5.69 Å². The first-order chi connectivity index (χ1) is 10.9. The zero-order chi connectivity index (χ0) is 17.0. The summed E-state index contributed by atoms with van der Waals surface area (Å²) in [6, 6.07) is 13.7. The third-order valence-corrected chi connectivity index (χ3v) is 3.71. The molecule has 0 unspecified atom stereocenters. The average molecular weight is 327 g/mol. The number of Topliss-reactive ketones (excluding diaryl/α,β-unsaturated/α-hetero) is 1. The van der Waals surface area contributed by atoms with Crippen LogP contribution >= 0.6 is 11.6 Å². The van der Waals surface area contributed by atoms with Gasteiger partial charge in [0.25, 0.3) is 5.91 Å². The van der Waals surface area contributed by atoms with Gasteiger partial charge in [0.1, 0.15) is 5.92 Å². The summed E-state index contributed by atoms with van der Waals surface area (Å²) in [5, 5.41) is 12.3. The third-order valence-electron chi connectivity index (χ3n) is 3.46. The maximum Gasteiger partial charge on any atom is 0.293 e. The van der Waals surface area contributed by atoms with Crippen LogP contribution in [0.5, 0.6) is 0 Å². The zero-order valence-electron chi connectivity index (χ0n) is 12.8. The van der Waals surface area contributed by atoms with E-state index in [9.17, 15) is 14.9 Å². The third kappa shape index (κ3) is 3.97. The lowest BCUT2D eigenvalue weighted by molar-refractivity contribution is -0.135. The number of amides is 1. The van der Waals surface area contributed by atoms with E-state index in [0.29, 0.717) is 16.3 Å². The summed E-state index contributed by atoms with van der Waals surface area (Å²) in [4.78, 5) is 24.5. The molecule has 116 valence electrons. The number of halogens is 1. The van der Waals surface area contributed by atoms with Gasteiger partial charge in [-0.3, -0.25) is 9.59 Å². The van der Waals surface area contributed by atoms with Crippen molar-refractivity contribution in [2.75, 3.05) is 5.32 Å². The topological polar surface area (TPSA) is 70.0 Å². The van der Waals surface area contributed by atoms with Gasteiger partial charge < -0.3 is 5.32 Å². The standard InChI is InChI=1S/C18H15ClN2O2/c1-11-3-4-12(2)16(9-11)21-18(23)17(22)15(10-20)13-5-7-14(19)8-6-13/h3-9,15H,1-2H3,(H,21,23)/t15-/m0/s1. The summed E-state index contributed by atoms with van der Waals surface area (Å²) in [5.41, 5.74) is 2.82. The molecular weight excluding hydrogens is 312 g/mol. The number of anilines is 1. The molecule has 1 amide bonds. The highest BCUT2D eigenvalue weighted by Gasteiger charge is 2.27. The first kappa shape index (κ1) is 16.7. The van der Waals surface area contributed by atoms with Crippen molar-refractivity contribution in [3.63, 3.8) is 0 Å². The molecule has 0 radical (unpaired) electrons. The predicted molar refractivity (Wildman–Crippen MR) is 89.4 cm³/mol. The van der Waals surface area contributed by atoms with Gasteiger partial charge in [0.15, 0.2) is 0 Å². The lowest BCUT2D eigenvalue weighted by Gasteiger charge is -2.11. The molecule has 4 nitrogen and oxygen atoms in total. The molecule has 2 aromatic rings. The monoisotopic (exact) mass is 326 g/mol. The second-order valence-electron chi connectivity index (χ2n) is 5.25. The molecule has 1 N–H and O–H groups in total. The Balaban J connectivity index is 2.21. The van der Waals surface area contributed by atoms with Crippen molar-refractivity contribution in [1.82, 2.24) is 0 Å². The number of rotatable bonds is 4. The lowest BCUT2D eigenvalue weighted by atomic mass is 9.95. The van der Waals surface area contributed by atoms with Gasteiger partial charge in [-0.25, -0.2) is 0 Å².